The number of carbonyl (C=O) groups excluding carboxylic acids is 2. The van der Waals surface area contributed by atoms with Crippen LogP contribution >= 0.6 is 11.8 Å². The van der Waals surface area contributed by atoms with Crippen LogP contribution in [0.5, 0.6) is 0 Å². The summed E-state index contributed by atoms with van der Waals surface area (Å²) in [4.78, 5) is 30.7. The molecule has 5 unspecified atom stereocenters. The molecule has 0 aromatic carbocycles. The van der Waals surface area contributed by atoms with E-state index in [0.29, 0.717) is 6.42 Å². The lowest BCUT2D eigenvalue weighted by atomic mass is 9.46. The fourth-order valence-electron chi connectivity index (χ4n) is 8.68. The van der Waals surface area contributed by atoms with Crippen LogP contribution in [0.2, 0.25) is 0 Å². The van der Waals surface area contributed by atoms with Crippen LogP contribution in [-0.4, -0.2) is 51.5 Å². The van der Waals surface area contributed by atoms with Crippen LogP contribution < -0.4 is 0 Å². The number of hydrogen-bond donors (Lipinski definition) is 1. The fraction of sp³-hybridized carbons (Fsp3) is 0.633. The van der Waals surface area contributed by atoms with E-state index in [-0.39, 0.29) is 46.6 Å². The van der Waals surface area contributed by atoms with Crippen molar-refractivity contribution in [3.05, 3.63) is 48.2 Å². The Morgan fingerprint density at radius 2 is 2.14 bits per heavy atom. The summed E-state index contributed by atoms with van der Waals surface area (Å²) < 4.78 is 13.2. The van der Waals surface area contributed by atoms with Crippen LogP contribution in [0.25, 0.3) is 0 Å². The predicted molar refractivity (Wildman–Crippen MR) is 141 cm³/mol. The molecule has 2 heterocycles. The third-order valence-corrected chi connectivity index (χ3v) is 11.2. The zero-order valence-corrected chi connectivity index (χ0v) is 22.7. The highest BCUT2D eigenvalue weighted by molar-refractivity contribution is 7.99. The first-order valence-corrected chi connectivity index (χ1v) is 14.7. The van der Waals surface area contributed by atoms with Crippen molar-refractivity contribution < 1.29 is 24.2 Å². The molecule has 37 heavy (non-hydrogen) atoms. The molecular formula is C30H37NO5S. The zero-order chi connectivity index (χ0) is 26.0. The summed E-state index contributed by atoms with van der Waals surface area (Å²) in [5.74, 6) is 0.780. The van der Waals surface area contributed by atoms with Crippen LogP contribution in [-0.2, 0) is 19.1 Å². The molecule has 198 valence electrons. The maximum atomic E-state index is 14.2. The smallest absolute Gasteiger partial charge is 0.178 e. The third kappa shape index (κ3) is 3.68. The van der Waals surface area contributed by atoms with E-state index in [1.165, 1.54) is 11.8 Å². The quantitative estimate of drug-likeness (QED) is 0.530. The molecule has 0 amide bonds. The Kier molecular flexibility index (Phi) is 6.30. The molecule has 1 aliphatic heterocycles. The predicted octanol–water partition coefficient (Wildman–Crippen LogP) is 4.91. The lowest BCUT2D eigenvalue weighted by Crippen LogP contribution is -2.63. The number of aromatic nitrogens is 1. The maximum absolute atomic E-state index is 14.2. The van der Waals surface area contributed by atoms with Crippen molar-refractivity contribution in [1.82, 2.24) is 4.98 Å². The number of rotatable bonds is 6. The van der Waals surface area contributed by atoms with Gasteiger partial charge in [0.15, 0.2) is 23.5 Å². The first-order valence-electron chi connectivity index (χ1n) is 13.8. The minimum absolute atomic E-state index is 0.00948. The summed E-state index contributed by atoms with van der Waals surface area (Å²) in [7, 11) is 0. The largest absolute Gasteiger partial charge is 0.393 e. The van der Waals surface area contributed by atoms with Crippen molar-refractivity contribution >= 4 is 23.3 Å². The first kappa shape index (κ1) is 25.5. The number of pyridine rings is 1. The standard InChI is InChI=1S/C30H37NO5S/c1-4-7-26-35-24-15-21-20-10-9-18-14-19(32)11-12-28(18,2)27(20)22(33)16-29(21,3)30(24,36-26)23(34)17-37-25-8-5-6-13-31-25/h5-6,8,11-14,20-22,24,26-27,33H,4,7,9-10,15-17H2,1-3H3/t20?,21?,22-,24+,26-,27?,28?,29?,30+/m0/s1. The Morgan fingerprint density at radius 1 is 1.30 bits per heavy atom. The Morgan fingerprint density at radius 3 is 2.89 bits per heavy atom. The Bertz CT molecular complexity index is 1150. The number of aliphatic hydroxyl groups is 1. The van der Waals surface area contributed by atoms with Gasteiger partial charge in [0.25, 0.3) is 0 Å². The van der Waals surface area contributed by atoms with Crippen molar-refractivity contribution in [2.45, 2.75) is 88.4 Å². The van der Waals surface area contributed by atoms with E-state index >= 15 is 0 Å². The number of aliphatic hydroxyl groups excluding tert-OH is 1. The van der Waals surface area contributed by atoms with Gasteiger partial charge in [-0.2, -0.15) is 0 Å². The Labute approximate surface area is 223 Å². The molecule has 0 radical (unpaired) electrons. The Hall–Kier alpha value is -1.80. The normalized spacial score (nSPS) is 44.0. The molecule has 6 rings (SSSR count). The number of carbonyl (C=O) groups is 2. The number of ketones is 2. The topological polar surface area (TPSA) is 85.7 Å². The lowest BCUT2D eigenvalue weighted by Gasteiger charge is -2.59. The summed E-state index contributed by atoms with van der Waals surface area (Å²) in [6, 6.07) is 5.72. The van der Waals surface area contributed by atoms with E-state index < -0.39 is 23.4 Å². The van der Waals surface area contributed by atoms with Gasteiger partial charge in [-0.3, -0.25) is 9.59 Å². The molecule has 6 nitrogen and oxygen atoms in total. The van der Waals surface area contributed by atoms with E-state index in [1.807, 2.05) is 24.3 Å². The van der Waals surface area contributed by atoms with Crippen LogP contribution in [0.1, 0.15) is 59.3 Å². The van der Waals surface area contributed by atoms with Gasteiger partial charge in [-0.25, -0.2) is 4.98 Å². The van der Waals surface area contributed by atoms with E-state index in [9.17, 15) is 14.7 Å². The number of allylic oxidation sites excluding steroid dienone is 4. The summed E-state index contributed by atoms with van der Waals surface area (Å²) in [5, 5.41) is 12.6. The molecule has 4 fully saturated rings. The third-order valence-electron chi connectivity index (χ3n) is 10.2. The van der Waals surface area contributed by atoms with Gasteiger partial charge in [-0.05, 0) is 68.2 Å². The second-order valence-electron chi connectivity index (χ2n) is 12.0. The highest BCUT2D eigenvalue weighted by atomic mass is 32.2. The van der Waals surface area contributed by atoms with Gasteiger partial charge in [0.05, 0.1) is 23.0 Å². The molecule has 4 aliphatic carbocycles. The average Bonchev–Trinajstić information content (AvgIpc) is 3.35. The van der Waals surface area contributed by atoms with Crippen molar-refractivity contribution in [3.8, 4) is 0 Å². The molecule has 5 aliphatic rings. The molecule has 0 bridgehead atoms. The Balaban J connectivity index is 1.35. The van der Waals surface area contributed by atoms with Crippen molar-refractivity contribution in [2.75, 3.05) is 5.75 Å². The minimum atomic E-state index is -1.07. The summed E-state index contributed by atoms with van der Waals surface area (Å²) in [6.07, 6.45) is 10.6. The molecule has 9 atom stereocenters. The van der Waals surface area contributed by atoms with E-state index in [2.05, 4.69) is 25.8 Å². The monoisotopic (exact) mass is 523 g/mol. The summed E-state index contributed by atoms with van der Waals surface area (Å²) >= 11 is 1.44. The molecule has 1 aromatic heterocycles. The minimum Gasteiger partial charge on any atom is -0.393 e. The highest BCUT2D eigenvalue weighted by Gasteiger charge is 2.75. The number of fused-ring (bicyclic) bond motifs is 7. The molecule has 1 aromatic rings. The number of hydrogen-bond acceptors (Lipinski definition) is 7. The van der Waals surface area contributed by atoms with E-state index in [1.54, 1.807) is 18.3 Å². The van der Waals surface area contributed by atoms with Gasteiger partial charge in [0.2, 0.25) is 0 Å². The fourth-order valence-corrected chi connectivity index (χ4v) is 9.49. The summed E-state index contributed by atoms with van der Waals surface area (Å²) in [6.45, 7) is 6.45. The van der Waals surface area contributed by atoms with Crippen molar-refractivity contribution in [3.63, 3.8) is 0 Å². The lowest BCUT2D eigenvalue weighted by molar-refractivity contribution is -0.197. The van der Waals surface area contributed by atoms with Crippen molar-refractivity contribution in [2.24, 2.45) is 28.6 Å². The van der Waals surface area contributed by atoms with Crippen LogP contribution in [0.4, 0.5) is 0 Å². The van der Waals surface area contributed by atoms with Gasteiger partial charge >= 0.3 is 0 Å². The van der Waals surface area contributed by atoms with Gasteiger partial charge in [-0.1, -0.05) is 56.7 Å². The maximum Gasteiger partial charge on any atom is 0.178 e. The van der Waals surface area contributed by atoms with Crippen LogP contribution in [0, 0.1) is 28.6 Å². The molecule has 0 spiro atoms. The second-order valence-corrected chi connectivity index (χ2v) is 13.0. The van der Waals surface area contributed by atoms with Gasteiger partial charge in [0, 0.05) is 22.9 Å². The van der Waals surface area contributed by atoms with E-state index in [4.69, 9.17) is 9.47 Å². The van der Waals surface area contributed by atoms with E-state index in [0.717, 1.165) is 42.7 Å². The average molecular weight is 524 g/mol. The number of nitrogens with zero attached hydrogens (tertiary/aromatic N) is 1. The SMILES string of the molecule is CCC[C@H]1O[C@@H]2CC3C4CCC5=CC(=O)C=CC5(C)C4[C@@H](O)CC3(C)[C@]2(C(=O)CSc2ccccn2)O1. The van der Waals surface area contributed by atoms with Gasteiger partial charge in [0.1, 0.15) is 0 Å². The second kappa shape index (κ2) is 9.15. The number of ether oxygens (including phenoxy) is 2. The van der Waals surface area contributed by atoms with Crippen LogP contribution in [0.15, 0.2) is 53.2 Å². The molecule has 1 N–H and O–H groups in total. The van der Waals surface area contributed by atoms with Crippen molar-refractivity contribution in [1.29, 1.82) is 0 Å². The highest BCUT2D eigenvalue weighted by Crippen LogP contribution is 2.69. The molecule has 1 saturated heterocycles. The molecule has 7 heteroatoms. The molecule has 3 saturated carbocycles. The van der Waals surface area contributed by atoms with Gasteiger partial charge in [-0.15, -0.1) is 0 Å². The molecular weight excluding hydrogens is 486 g/mol. The number of Topliss-reactive ketones (excluding diaryl/α,β-unsaturated/α-hetero) is 1. The first-order chi connectivity index (χ1) is 17.7. The van der Waals surface area contributed by atoms with Gasteiger partial charge < -0.3 is 14.6 Å². The zero-order valence-electron chi connectivity index (χ0n) is 21.9. The summed E-state index contributed by atoms with van der Waals surface area (Å²) in [5.41, 5.74) is -0.807. The number of thioether (sulfide) groups is 1. The van der Waals surface area contributed by atoms with Crippen LogP contribution in [0.3, 0.4) is 0 Å².